The lowest BCUT2D eigenvalue weighted by Gasteiger charge is -2.18. The summed E-state index contributed by atoms with van der Waals surface area (Å²) in [5, 5.41) is 18.4. The van der Waals surface area contributed by atoms with E-state index in [4.69, 9.17) is 10.8 Å². The van der Waals surface area contributed by atoms with Crippen LogP contribution < -0.4 is 5.73 Å². The number of allylic oxidation sites excluding steroid dienone is 2. The Morgan fingerprint density at radius 3 is 2.19 bits per heavy atom. The smallest absolute Gasteiger partial charge is 0.303 e. The van der Waals surface area contributed by atoms with Crippen molar-refractivity contribution in [3.8, 4) is 0 Å². The van der Waals surface area contributed by atoms with Gasteiger partial charge in [-0.1, -0.05) is 0 Å². The Balaban J connectivity index is 5.11. The molecule has 0 saturated heterocycles. The van der Waals surface area contributed by atoms with Crippen molar-refractivity contribution in [2.75, 3.05) is 0 Å². The number of nitrogens with two attached hydrogens (primary N) is 1. The summed E-state index contributed by atoms with van der Waals surface area (Å²) in [6.45, 7) is 3.35. The van der Waals surface area contributed by atoms with Crippen molar-refractivity contribution in [1.29, 1.82) is 0 Å². The first-order chi connectivity index (χ1) is 9.66. The van der Waals surface area contributed by atoms with Crippen LogP contribution in [0.4, 0.5) is 0 Å². The Morgan fingerprint density at radius 2 is 1.76 bits per heavy atom. The van der Waals surface area contributed by atoms with Gasteiger partial charge in [0.1, 0.15) is 11.5 Å². The van der Waals surface area contributed by atoms with E-state index in [1.165, 1.54) is 6.92 Å². The van der Waals surface area contributed by atoms with E-state index in [2.05, 4.69) is 12.6 Å². The molecular formula is C13H21IN2O4S. The maximum absolute atomic E-state index is 10.9. The minimum absolute atomic E-state index is 0.0938. The number of carbonyl (C=O) groups excluding carboxylic acids is 1. The lowest BCUT2D eigenvalue weighted by atomic mass is 10.0. The summed E-state index contributed by atoms with van der Waals surface area (Å²) in [5.74, 6) is -0.828. The molecule has 0 aromatic heterocycles. The van der Waals surface area contributed by atoms with Crippen molar-refractivity contribution < 1.29 is 19.9 Å². The predicted octanol–water partition coefficient (Wildman–Crippen LogP) is 3.03. The van der Waals surface area contributed by atoms with Crippen LogP contribution >= 0.6 is 35.5 Å². The highest BCUT2D eigenvalue weighted by molar-refractivity contribution is 14.1. The van der Waals surface area contributed by atoms with Crippen LogP contribution in [0.25, 0.3) is 0 Å². The molecule has 0 radical (unpaired) electrons. The molecule has 0 unspecified atom stereocenters. The Labute approximate surface area is 143 Å². The maximum Gasteiger partial charge on any atom is 0.303 e. The number of thiol groups is 1. The lowest BCUT2D eigenvalue weighted by Crippen LogP contribution is -2.17. The minimum Gasteiger partial charge on any atom is -0.481 e. The SMILES string of the molecule is CC(=O)CCC/C(C)=C(N)/C(=C(\S)CCC(=O)O)N(O)I. The van der Waals surface area contributed by atoms with Gasteiger partial charge in [-0.3, -0.25) is 10.0 Å². The van der Waals surface area contributed by atoms with Crippen LogP contribution in [0.1, 0.15) is 46.0 Å². The van der Waals surface area contributed by atoms with Gasteiger partial charge in [0.05, 0.1) is 28.6 Å². The second-order valence-electron chi connectivity index (χ2n) is 4.70. The number of hydrogen-bond acceptors (Lipinski definition) is 6. The Hall–Kier alpha value is -0.740. The number of aliphatic carboxylic acids is 1. The number of carboxylic acids is 1. The molecule has 120 valence electrons. The van der Waals surface area contributed by atoms with Crippen LogP contribution in [0.2, 0.25) is 0 Å². The first-order valence-corrected chi connectivity index (χ1v) is 7.81. The third-order valence-electron chi connectivity index (χ3n) is 2.83. The lowest BCUT2D eigenvalue weighted by molar-refractivity contribution is -0.136. The number of carboxylic acid groups (broad SMARTS) is 1. The van der Waals surface area contributed by atoms with Gasteiger partial charge in [-0.05, 0) is 38.7 Å². The second kappa shape index (κ2) is 10.1. The molecule has 0 spiro atoms. The number of hydroxylamine groups is 1. The quantitative estimate of drug-likeness (QED) is 0.148. The van der Waals surface area contributed by atoms with E-state index >= 15 is 0 Å². The van der Waals surface area contributed by atoms with E-state index in [1.54, 1.807) is 22.9 Å². The summed E-state index contributed by atoms with van der Waals surface area (Å²) in [4.78, 5) is 21.9. The third-order valence-corrected chi connectivity index (χ3v) is 3.75. The molecule has 0 atom stereocenters. The zero-order valence-corrected chi connectivity index (χ0v) is 15.1. The van der Waals surface area contributed by atoms with E-state index in [9.17, 15) is 14.8 Å². The fourth-order valence-corrected chi connectivity index (χ4v) is 2.71. The number of halogens is 1. The Morgan fingerprint density at radius 1 is 1.19 bits per heavy atom. The number of hydrogen-bond donors (Lipinski definition) is 4. The van der Waals surface area contributed by atoms with Gasteiger partial charge in [0.15, 0.2) is 0 Å². The van der Waals surface area contributed by atoms with Crippen LogP contribution in [0.3, 0.4) is 0 Å². The molecule has 0 amide bonds. The van der Waals surface area contributed by atoms with Gasteiger partial charge >= 0.3 is 5.97 Å². The van der Waals surface area contributed by atoms with Crippen molar-refractivity contribution in [1.82, 2.24) is 3.28 Å². The van der Waals surface area contributed by atoms with Crippen LogP contribution in [0, 0.1) is 0 Å². The number of Topliss-reactive ketones (excluding diaryl/α,β-unsaturated/α-hetero) is 1. The summed E-state index contributed by atoms with van der Waals surface area (Å²) in [6.07, 6.45) is 1.86. The van der Waals surface area contributed by atoms with Crippen LogP contribution in [-0.4, -0.2) is 25.3 Å². The molecule has 0 aliphatic carbocycles. The van der Waals surface area contributed by atoms with Gasteiger partial charge in [-0.15, -0.1) is 12.6 Å². The molecule has 0 fully saturated rings. The number of nitrogens with zero attached hydrogens (tertiary/aromatic N) is 1. The third kappa shape index (κ3) is 8.32. The van der Waals surface area contributed by atoms with Crippen LogP contribution in [0.15, 0.2) is 21.9 Å². The van der Waals surface area contributed by atoms with Crippen molar-refractivity contribution in [3.05, 3.63) is 21.9 Å². The summed E-state index contributed by atoms with van der Waals surface area (Å²) < 4.78 is 0.811. The highest BCUT2D eigenvalue weighted by atomic mass is 127. The van der Waals surface area contributed by atoms with Gasteiger partial charge in [-0.2, -0.15) is 3.28 Å². The molecule has 0 aromatic carbocycles. The molecule has 0 saturated carbocycles. The zero-order valence-electron chi connectivity index (χ0n) is 12.1. The number of ketones is 1. The highest BCUT2D eigenvalue weighted by Gasteiger charge is 2.15. The minimum atomic E-state index is -0.945. The van der Waals surface area contributed by atoms with Gasteiger partial charge in [-0.25, -0.2) is 0 Å². The first-order valence-electron chi connectivity index (χ1n) is 6.40. The zero-order chi connectivity index (χ0) is 16.6. The summed E-state index contributed by atoms with van der Waals surface area (Å²) in [5.41, 5.74) is 7.49. The molecule has 0 bridgehead atoms. The maximum atomic E-state index is 10.9. The Kier molecular flexibility index (Phi) is 9.71. The van der Waals surface area contributed by atoms with E-state index < -0.39 is 5.97 Å². The molecule has 0 aliphatic heterocycles. The normalized spacial score (nSPS) is 13.4. The number of carbonyl (C=O) groups is 2. The molecule has 8 heteroatoms. The summed E-state index contributed by atoms with van der Waals surface area (Å²) in [7, 11) is 0. The predicted molar refractivity (Wildman–Crippen MR) is 91.9 cm³/mol. The molecule has 0 heterocycles. The van der Waals surface area contributed by atoms with E-state index in [1.807, 2.05) is 6.92 Å². The van der Waals surface area contributed by atoms with Gasteiger partial charge in [0.25, 0.3) is 0 Å². The van der Waals surface area contributed by atoms with E-state index in [0.717, 1.165) is 8.85 Å². The van der Waals surface area contributed by atoms with Crippen molar-refractivity contribution in [3.63, 3.8) is 0 Å². The van der Waals surface area contributed by atoms with Crippen molar-refractivity contribution in [2.45, 2.75) is 46.0 Å². The second-order valence-corrected chi connectivity index (χ2v) is 6.15. The first kappa shape index (κ1) is 20.3. The van der Waals surface area contributed by atoms with Crippen LogP contribution in [-0.2, 0) is 9.59 Å². The molecule has 0 aromatic rings. The van der Waals surface area contributed by atoms with Crippen LogP contribution in [0.5, 0.6) is 0 Å². The van der Waals surface area contributed by atoms with Gasteiger partial charge in [0.2, 0.25) is 0 Å². The summed E-state index contributed by atoms with van der Waals surface area (Å²) in [6, 6.07) is 0. The molecule has 0 rings (SSSR count). The monoisotopic (exact) mass is 428 g/mol. The Bertz CT molecular complexity index is 461. The average molecular weight is 428 g/mol. The van der Waals surface area contributed by atoms with Gasteiger partial charge < -0.3 is 15.6 Å². The fourth-order valence-electron chi connectivity index (χ4n) is 1.64. The molecule has 4 N–H and O–H groups in total. The fraction of sp³-hybridized carbons (Fsp3) is 0.538. The molecule has 21 heavy (non-hydrogen) atoms. The summed E-state index contributed by atoms with van der Waals surface area (Å²) >= 11 is 5.88. The largest absolute Gasteiger partial charge is 0.481 e. The number of rotatable bonds is 9. The molecular weight excluding hydrogens is 407 g/mol. The van der Waals surface area contributed by atoms with E-state index in [-0.39, 0.29) is 18.6 Å². The van der Waals surface area contributed by atoms with Crippen molar-refractivity contribution >= 4 is 47.2 Å². The molecule has 6 nitrogen and oxygen atoms in total. The highest BCUT2D eigenvalue weighted by Crippen LogP contribution is 2.27. The molecule has 0 aliphatic rings. The van der Waals surface area contributed by atoms with E-state index in [0.29, 0.717) is 35.6 Å². The topological polar surface area (TPSA) is 104 Å². The average Bonchev–Trinajstić information content (AvgIpc) is 2.35. The van der Waals surface area contributed by atoms with Gasteiger partial charge in [0, 0.05) is 17.7 Å². The van der Waals surface area contributed by atoms with Crippen molar-refractivity contribution in [2.24, 2.45) is 5.73 Å². The standard InChI is InChI=1S/C13H21IN2O4S/c1-8(4-3-5-9(2)17)12(15)13(16(14)20)10(21)6-7-11(18)19/h20-21H,3-7,15H2,1-2H3,(H,18,19)/b12-8-,13-10+.